The van der Waals surface area contributed by atoms with Crippen LogP contribution in [0.5, 0.6) is 6.01 Å². The van der Waals surface area contributed by atoms with Gasteiger partial charge in [-0.05, 0) is 80.3 Å². The number of amides is 3. The fourth-order valence-corrected chi connectivity index (χ4v) is 6.31. The molecule has 5 N–H and O–H groups in total. The monoisotopic (exact) mass is 837 g/mol. The zero-order chi connectivity index (χ0) is 41.5. The van der Waals surface area contributed by atoms with Crippen LogP contribution in [-0.2, 0) is 24.7 Å². The Labute approximate surface area is 338 Å². The van der Waals surface area contributed by atoms with Crippen molar-refractivity contribution in [1.29, 1.82) is 0 Å². The zero-order valence-corrected chi connectivity index (χ0v) is 32.3. The number of thiazole rings is 1. The van der Waals surface area contributed by atoms with Crippen LogP contribution >= 0.6 is 22.9 Å². The Morgan fingerprint density at radius 3 is 2.17 bits per heavy atom. The lowest BCUT2D eigenvalue weighted by Gasteiger charge is -2.19. The lowest BCUT2D eigenvalue weighted by Crippen LogP contribution is -2.44. The molecule has 0 radical (unpaired) electrons. The molecule has 0 spiro atoms. The molecule has 1 aliphatic rings. The van der Waals surface area contributed by atoms with Gasteiger partial charge in [-0.25, -0.2) is 9.78 Å². The summed E-state index contributed by atoms with van der Waals surface area (Å²) in [5, 5.41) is 16.9. The van der Waals surface area contributed by atoms with Crippen molar-refractivity contribution in [3.63, 3.8) is 0 Å². The number of esters is 1. The van der Waals surface area contributed by atoms with E-state index in [9.17, 15) is 32.3 Å². The van der Waals surface area contributed by atoms with Crippen LogP contribution in [0.2, 0.25) is 5.02 Å². The van der Waals surface area contributed by atoms with E-state index in [4.69, 9.17) is 21.1 Å². The van der Waals surface area contributed by atoms with Gasteiger partial charge in [0.2, 0.25) is 11.9 Å². The third-order valence-electron chi connectivity index (χ3n) is 8.65. The second kappa shape index (κ2) is 17.9. The number of hydrogen-bond donors (Lipinski definition) is 5. The molecule has 1 saturated carbocycles. The number of anilines is 4. The van der Waals surface area contributed by atoms with Crippen LogP contribution in [-0.4, -0.2) is 76.1 Å². The molecule has 58 heavy (non-hydrogen) atoms. The van der Waals surface area contributed by atoms with E-state index in [1.54, 1.807) is 36.4 Å². The number of alkyl halides is 3. The number of benzene rings is 3. The lowest BCUT2D eigenvalue weighted by atomic mass is 10.1. The van der Waals surface area contributed by atoms with Gasteiger partial charge in [0.1, 0.15) is 6.04 Å². The third-order valence-corrected chi connectivity index (χ3v) is 9.68. The minimum atomic E-state index is -4.64. The maximum Gasteiger partial charge on any atom is 0.422 e. The fraction of sp³-hybridized carbons (Fsp3) is 0.263. The molecule has 5 aromatic rings. The summed E-state index contributed by atoms with van der Waals surface area (Å²) < 4.78 is 48.6. The van der Waals surface area contributed by atoms with E-state index < -0.39 is 54.1 Å². The molecule has 1 aliphatic carbocycles. The summed E-state index contributed by atoms with van der Waals surface area (Å²) in [7, 11) is 1.14. The van der Waals surface area contributed by atoms with Gasteiger partial charge in [0.15, 0.2) is 6.61 Å². The number of carbonyl (C=O) groups excluding carboxylic acids is 4. The van der Waals surface area contributed by atoms with Gasteiger partial charge < -0.3 is 36.1 Å². The van der Waals surface area contributed by atoms with E-state index in [1.807, 2.05) is 24.4 Å². The van der Waals surface area contributed by atoms with Crippen LogP contribution in [0.3, 0.4) is 0 Å². The highest BCUT2D eigenvalue weighted by Crippen LogP contribution is 2.48. The summed E-state index contributed by atoms with van der Waals surface area (Å²) in [6.07, 6.45) is -3.33. The Hall–Kier alpha value is -6.34. The summed E-state index contributed by atoms with van der Waals surface area (Å²) in [4.78, 5) is 67.4. The Bertz CT molecular complexity index is 2270. The first-order valence-corrected chi connectivity index (χ1v) is 18.8. The van der Waals surface area contributed by atoms with Gasteiger partial charge in [0.05, 0.1) is 23.4 Å². The van der Waals surface area contributed by atoms with Crippen molar-refractivity contribution in [2.75, 3.05) is 36.2 Å². The van der Waals surface area contributed by atoms with Crippen LogP contribution in [0, 0.1) is 6.92 Å². The quantitative estimate of drug-likeness (QED) is 0.0596. The molecule has 20 heteroatoms. The predicted octanol–water partition coefficient (Wildman–Crippen LogP) is 6.16. The van der Waals surface area contributed by atoms with Gasteiger partial charge in [-0.3, -0.25) is 14.4 Å². The van der Waals surface area contributed by atoms with Crippen LogP contribution < -0.4 is 31.3 Å². The van der Waals surface area contributed by atoms with Crippen molar-refractivity contribution in [2.24, 2.45) is 0 Å². The highest BCUT2D eigenvalue weighted by Gasteiger charge is 2.45. The number of halogens is 4. The molecule has 2 heterocycles. The van der Waals surface area contributed by atoms with Gasteiger partial charge in [0.25, 0.3) is 5.91 Å². The smallest absolute Gasteiger partial charge is 0.422 e. The number of methoxy groups -OCH3 is 1. The van der Waals surface area contributed by atoms with Gasteiger partial charge in [-0.15, -0.1) is 11.3 Å². The number of aryl methyl sites for hydroxylation is 1. The molecular weight excluding hydrogens is 803 g/mol. The average Bonchev–Trinajstić information content (AvgIpc) is 3.85. The summed E-state index contributed by atoms with van der Waals surface area (Å²) >= 11 is 7.55. The number of ether oxygens (including phenoxy) is 2. The molecule has 3 amide bonds. The van der Waals surface area contributed by atoms with Crippen molar-refractivity contribution in [1.82, 2.24) is 30.6 Å². The highest BCUT2D eigenvalue weighted by atomic mass is 35.5. The molecule has 302 valence electrons. The minimum Gasteiger partial charge on any atom is -0.467 e. The molecule has 2 aromatic heterocycles. The van der Waals surface area contributed by atoms with E-state index in [0.29, 0.717) is 29.2 Å². The molecule has 0 saturated heterocycles. The van der Waals surface area contributed by atoms with Crippen LogP contribution in [0.1, 0.15) is 40.2 Å². The second-order valence-electron chi connectivity index (χ2n) is 13.0. The van der Waals surface area contributed by atoms with Gasteiger partial charge in [-0.2, -0.15) is 28.1 Å². The Morgan fingerprint density at radius 1 is 0.879 bits per heavy atom. The zero-order valence-electron chi connectivity index (χ0n) is 30.8. The first kappa shape index (κ1) is 41.3. The summed E-state index contributed by atoms with van der Waals surface area (Å²) in [6, 6.07) is 18.0. The normalized spacial score (nSPS) is 13.4. The highest BCUT2D eigenvalue weighted by molar-refractivity contribution is 7.09. The van der Waals surface area contributed by atoms with E-state index in [2.05, 4.69) is 46.5 Å². The van der Waals surface area contributed by atoms with Crippen molar-refractivity contribution in [2.45, 2.75) is 43.9 Å². The molecule has 1 atom stereocenters. The summed E-state index contributed by atoms with van der Waals surface area (Å²) in [5.74, 6) is -3.49. The number of rotatable bonds is 15. The maximum absolute atomic E-state index is 13.1. The predicted molar refractivity (Wildman–Crippen MR) is 209 cm³/mol. The Kier molecular flexibility index (Phi) is 12.7. The molecule has 15 nitrogen and oxygen atoms in total. The van der Waals surface area contributed by atoms with E-state index in [0.717, 1.165) is 28.9 Å². The first-order chi connectivity index (χ1) is 27.7. The third kappa shape index (κ3) is 11.2. The molecule has 6 rings (SSSR count). The molecule has 3 aromatic carbocycles. The van der Waals surface area contributed by atoms with Gasteiger partial charge in [-0.1, -0.05) is 35.9 Å². The number of aromatic nitrogens is 4. The fourth-order valence-electron chi connectivity index (χ4n) is 5.56. The maximum atomic E-state index is 13.1. The Morgan fingerprint density at radius 2 is 1.55 bits per heavy atom. The molecular formula is C38H35ClF3N9O6S. The molecule has 0 unspecified atom stereocenters. The minimum absolute atomic E-state index is 0.0310. The lowest BCUT2D eigenvalue weighted by molar-refractivity contribution is -0.154. The van der Waals surface area contributed by atoms with Gasteiger partial charge in [0, 0.05) is 39.4 Å². The van der Waals surface area contributed by atoms with Crippen molar-refractivity contribution in [3.8, 4) is 17.3 Å². The summed E-state index contributed by atoms with van der Waals surface area (Å²) in [6.45, 7) is 0.115. The second-order valence-corrected chi connectivity index (χ2v) is 14.5. The van der Waals surface area contributed by atoms with Crippen molar-refractivity contribution < 1.29 is 41.8 Å². The standard InChI is InChI=1S/C38H35ClF3N9O6S/c1-21-44-29(19-58-21)22-3-11-26(12-4-22)45-32(54)31(53)43-18-15-28(33(55)56-2)47-30(52)23-5-13-27(14-6-23)46-34-48-35(50-36(49-34)57-20-38(40,41)42)51-37(16-17-37)24-7-9-25(39)10-8-24/h3-14,19,28H,15-18,20H2,1-2H3,(H,43,53)(H,45,54)(H,47,52)(H2,46,48,49,50,51)/t28-/m0/s1. The number of hydrogen-bond acceptors (Lipinski definition) is 13. The number of carbonyl (C=O) groups is 4. The van der Waals surface area contributed by atoms with Crippen LogP contribution in [0.4, 0.5) is 36.4 Å². The SMILES string of the molecule is COC(=O)[C@H](CCNC(=O)C(=O)Nc1ccc(-c2csc(C)n2)cc1)NC(=O)c1ccc(Nc2nc(NC3(c4ccc(Cl)cc4)CC3)nc(OCC(F)(F)F)n2)cc1. The molecule has 1 fully saturated rings. The van der Waals surface area contributed by atoms with Crippen molar-refractivity contribution in [3.05, 3.63) is 99.3 Å². The molecule has 0 bridgehead atoms. The van der Waals surface area contributed by atoms with E-state index in [-0.39, 0.29) is 30.4 Å². The van der Waals surface area contributed by atoms with Crippen LogP contribution in [0.15, 0.2) is 78.2 Å². The topological polar surface area (TPSA) is 198 Å². The summed E-state index contributed by atoms with van der Waals surface area (Å²) in [5.41, 5.74) is 2.86. The van der Waals surface area contributed by atoms with Crippen molar-refractivity contribution >= 4 is 69.9 Å². The van der Waals surface area contributed by atoms with Gasteiger partial charge >= 0.3 is 30.0 Å². The average molecular weight is 838 g/mol. The number of nitrogens with one attached hydrogen (secondary N) is 5. The van der Waals surface area contributed by atoms with E-state index in [1.165, 1.54) is 35.6 Å². The first-order valence-electron chi connectivity index (χ1n) is 17.6. The van der Waals surface area contributed by atoms with Crippen LogP contribution in [0.25, 0.3) is 11.3 Å². The number of nitrogens with zero attached hydrogens (tertiary/aromatic N) is 4. The largest absolute Gasteiger partial charge is 0.467 e. The molecule has 0 aliphatic heterocycles. The van der Waals surface area contributed by atoms with E-state index >= 15 is 0 Å². The Balaban J connectivity index is 1.04.